The number of fused-ring (bicyclic) bond motifs is 1. The van der Waals surface area contributed by atoms with Crippen molar-refractivity contribution in [3.8, 4) is 0 Å². The largest absolute Gasteiger partial charge is 0.357 e. The summed E-state index contributed by atoms with van der Waals surface area (Å²) in [6.45, 7) is 0.595. The van der Waals surface area contributed by atoms with Gasteiger partial charge in [-0.3, -0.25) is 0 Å². The van der Waals surface area contributed by atoms with E-state index < -0.39 is 0 Å². The minimum Gasteiger partial charge on any atom is -0.357 e. The van der Waals surface area contributed by atoms with Crippen molar-refractivity contribution in [2.75, 3.05) is 0 Å². The highest BCUT2D eigenvalue weighted by molar-refractivity contribution is 9.10. The number of H-pyrrole nitrogens is 1. The van der Waals surface area contributed by atoms with Crippen molar-refractivity contribution in [2.24, 2.45) is 5.73 Å². The summed E-state index contributed by atoms with van der Waals surface area (Å²) >= 11 is 3.73. The average Bonchev–Trinajstić information content (AvgIpc) is 2.54. The zero-order valence-electron chi connectivity index (χ0n) is 9.09. The maximum Gasteiger partial charge on any atom is 0.0471 e. The molecule has 2 aromatic rings. The third kappa shape index (κ3) is 1.42. The molecule has 0 aliphatic heterocycles. The standard InChI is InChI=1S/C13H15BrN2/c14-12-11-9(7-15)5-2-6-10(11)16-13(12)8-3-1-4-8/h2,5-6,8,16H,1,3-4,7,15H2. The van der Waals surface area contributed by atoms with Crippen LogP contribution in [0.3, 0.4) is 0 Å². The van der Waals surface area contributed by atoms with E-state index in [1.165, 1.54) is 45.9 Å². The zero-order valence-corrected chi connectivity index (χ0v) is 10.7. The van der Waals surface area contributed by atoms with Crippen LogP contribution >= 0.6 is 15.9 Å². The van der Waals surface area contributed by atoms with E-state index in [9.17, 15) is 0 Å². The zero-order chi connectivity index (χ0) is 11.1. The first-order chi connectivity index (χ1) is 7.81. The van der Waals surface area contributed by atoms with E-state index in [2.05, 4.69) is 39.1 Å². The van der Waals surface area contributed by atoms with Gasteiger partial charge in [0, 0.05) is 33.5 Å². The molecule has 16 heavy (non-hydrogen) atoms. The molecule has 0 unspecified atom stereocenters. The van der Waals surface area contributed by atoms with Crippen LogP contribution in [0.15, 0.2) is 22.7 Å². The van der Waals surface area contributed by atoms with E-state index in [0.29, 0.717) is 12.5 Å². The average molecular weight is 279 g/mol. The Hall–Kier alpha value is -0.800. The highest BCUT2D eigenvalue weighted by Crippen LogP contribution is 2.42. The number of rotatable bonds is 2. The molecule has 3 N–H and O–H groups in total. The van der Waals surface area contributed by atoms with E-state index in [1.54, 1.807) is 0 Å². The van der Waals surface area contributed by atoms with Crippen LogP contribution in [0.4, 0.5) is 0 Å². The van der Waals surface area contributed by atoms with Crippen molar-refractivity contribution < 1.29 is 0 Å². The minimum absolute atomic E-state index is 0.595. The van der Waals surface area contributed by atoms with Gasteiger partial charge in [-0.1, -0.05) is 18.6 Å². The first-order valence-electron chi connectivity index (χ1n) is 5.80. The molecule has 1 aromatic heterocycles. The highest BCUT2D eigenvalue weighted by atomic mass is 79.9. The van der Waals surface area contributed by atoms with Gasteiger partial charge in [0.25, 0.3) is 0 Å². The summed E-state index contributed by atoms with van der Waals surface area (Å²) < 4.78 is 1.23. The molecule has 1 aliphatic rings. The van der Waals surface area contributed by atoms with Gasteiger partial charge in [-0.15, -0.1) is 0 Å². The van der Waals surface area contributed by atoms with Gasteiger partial charge in [0.05, 0.1) is 0 Å². The second kappa shape index (κ2) is 3.90. The SMILES string of the molecule is NCc1cccc2[nH]c(C3CCC3)c(Br)c12. The van der Waals surface area contributed by atoms with Crippen molar-refractivity contribution in [3.05, 3.63) is 33.9 Å². The minimum atomic E-state index is 0.595. The van der Waals surface area contributed by atoms with Crippen LogP contribution in [0.25, 0.3) is 10.9 Å². The Morgan fingerprint density at radius 2 is 2.19 bits per heavy atom. The second-order valence-corrected chi connectivity index (χ2v) is 5.32. The molecule has 0 saturated heterocycles. The van der Waals surface area contributed by atoms with Gasteiger partial charge in [0.15, 0.2) is 0 Å². The Bertz CT molecular complexity index is 526. The van der Waals surface area contributed by atoms with Crippen LogP contribution in [0.5, 0.6) is 0 Å². The van der Waals surface area contributed by atoms with Gasteiger partial charge in [-0.25, -0.2) is 0 Å². The second-order valence-electron chi connectivity index (χ2n) is 4.52. The summed E-state index contributed by atoms with van der Waals surface area (Å²) in [5.74, 6) is 0.715. The van der Waals surface area contributed by atoms with Crippen molar-refractivity contribution in [1.29, 1.82) is 0 Å². The van der Waals surface area contributed by atoms with Crippen molar-refractivity contribution in [1.82, 2.24) is 4.98 Å². The van der Waals surface area contributed by atoms with Crippen molar-refractivity contribution in [3.63, 3.8) is 0 Å². The molecule has 2 nitrogen and oxygen atoms in total. The normalized spacial score (nSPS) is 16.6. The molecule has 0 radical (unpaired) electrons. The van der Waals surface area contributed by atoms with Crippen LogP contribution in [0.2, 0.25) is 0 Å². The number of halogens is 1. The fraction of sp³-hybridized carbons (Fsp3) is 0.385. The number of nitrogens with one attached hydrogen (secondary N) is 1. The molecule has 1 aliphatic carbocycles. The van der Waals surface area contributed by atoms with Gasteiger partial charge >= 0.3 is 0 Å². The number of hydrogen-bond acceptors (Lipinski definition) is 1. The number of aromatic amines is 1. The van der Waals surface area contributed by atoms with E-state index in [0.717, 1.165) is 0 Å². The van der Waals surface area contributed by atoms with E-state index in [1.807, 2.05) is 0 Å². The highest BCUT2D eigenvalue weighted by Gasteiger charge is 2.24. The van der Waals surface area contributed by atoms with E-state index in [-0.39, 0.29) is 0 Å². The molecule has 3 heteroatoms. The maximum absolute atomic E-state index is 5.78. The fourth-order valence-electron chi connectivity index (χ4n) is 2.45. The monoisotopic (exact) mass is 278 g/mol. The van der Waals surface area contributed by atoms with E-state index >= 15 is 0 Å². The molecule has 0 bridgehead atoms. The Labute approximate surface area is 103 Å². The molecule has 1 heterocycles. The smallest absolute Gasteiger partial charge is 0.0471 e. The van der Waals surface area contributed by atoms with Crippen LogP contribution in [-0.4, -0.2) is 4.98 Å². The van der Waals surface area contributed by atoms with Crippen molar-refractivity contribution >= 4 is 26.8 Å². The molecule has 84 valence electrons. The van der Waals surface area contributed by atoms with E-state index in [4.69, 9.17) is 5.73 Å². The number of benzene rings is 1. The third-order valence-electron chi connectivity index (χ3n) is 3.61. The molecule has 1 aromatic carbocycles. The Morgan fingerprint density at radius 3 is 2.81 bits per heavy atom. The maximum atomic E-state index is 5.78. The van der Waals surface area contributed by atoms with Gasteiger partial charge in [-0.05, 0) is 40.4 Å². The molecule has 0 spiro atoms. The number of aromatic nitrogens is 1. The summed E-state index contributed by atoms with van der Waals surface area (Å²) in [6, 6.07) is 6.30. The molecular formula is C13H15BrN2. The first-order valence-corrected chi connectivity index (χ1v) is 6.59. The molecular weight excluding hydrogens is 264 g/mol. The summed E-state index contributed by atoms with van der Waals surface area (Å²) in [5, 5.41) is 1.27. The van der Waals surface area contributed by atoms with Gasteiger partial charge in [-0.2, -0.15) is 0 Å². The topological polar surface area (TPSA) is 41.8 Å². The third-order valence-corrected chi connectivity index (χ3v) is 4.43. The van der Waals surface area contributed by atoms with Crippen LogP contribution in [0.1, 0.15) is 36.4 Å². The summed E-state index contributed by atoms with van der Waals surface area (Å²) in [6.07, 6.45) is 3.98. The lowest BCUT2D eigenvalue weighted by Crippen LogP contribution is -2.09. The molecule has 1 fully saturated rings. The number of hydrogen-bond donors (Lipinski definition) is 2. The van der Waals surface area contributed by atoms with Crippen LogP contribution in [0, 0.1) is 0 Å². The quantitative estimate of drug-likeness (QED) is 0.865. The molecule has 0 amide bonds. The Morgan fingerprint density at radius 1 is 1.38 bits per heavy atom. The number of nitrogens with two attached hydrogens (primary N) is 1. The summed E-state index contributed by atoms with van der Waals surface area (Å²) in [5.41, 5.74) is 9.56. The Balaban J connectivity index is 2.21. The van der Waals surface area contributed by atoms with Gasteiger partial charge in [0.2, 0.25) is 0 Å². The Kier molecular flexibility index (Phi) is 2.52. The summed E-state index contributed by atoms with van der Waals surface area (Å²) in [4.78, 5) is 3.54. The molecule has 0 atom stereocenters. The van der Waals surface area contributed by atoms with Gasteiger partial charge in [0.1, 0.15) is 0 Å². The fourth-order valence-corrected chi connectivity index (χ4v) is 3.34. The molecule has 3 rings (SSSR count). The lowest BCUT2D eigenvalue weighted by Gasteiger charge is -2.24. The van der Waals surface area contributed by atoms with Crippen LogP contribution in [-0.2, 0) is 6.54 Å². The molecule has 1 saturated carbocycles. The van der Waals surface area contributed by atoms with Gasteiger partial charge < -0.3 is 10.7 Å². The lowest BCUT2D eigenvalue weighted by molar-refractivity contribution is 0.412. The van der Waals surface area contributed by atoms with Crippen LogP contribution < -0.4 is 5.73 Å². The van der Waals surface area contributed by atoms with Crippen molar-refractivity contribution in [2.45, 2.75) is 31.7 Å². The first kappa shape index (κ1) is 10.4. The lowest BCUT2D eigenvalue weighted by atomic mass is 9.83. The summed E-state index contributed by atoms with van der Waals surface area (Å²) in [7, 11) is 0. The predicted octanol–water partition coefficient (Wildman–Crippen LogP) is 3.66. The predicted molar refractivity (Wildman–Crippen MR) is 70.5 cm³/mol.